The van der Waals surface area contributed by atoms with Crippen LogP contribution in [0.15, 0.2) is 47.1 Å². The number of aryl methyl sites for hydroxylation is 1. The molecule has 2 atom stereocenters. The van der Waals surface area contributed by atoms with Crippen LogP contribution in [0.2, 0.25) is 5.15 Å². The van der Waals surface area contributed by atoms with Crippen LogP contribution in [0.25, 0.3) is 11.1 Å². The first-order valence-electron chi connectivity index (χ1n) is 11.1. The normalized spacial score (nSPS) is 16.2. The lowest BCUT2D eigenvalue weighted by Gasteiger charge is -2.13. The number of aromatic nitrogens is 4. The maximum Gasteiger partial charge on any atom is 0.259 e. The molecule has 1 aliphatic carbocycles. The van der Waals surface area contributed by atoms with Gasteiger partial charge in [-0.15, -0.1) is 10.2 Å². The molecular weight excluding hydrogens is 532 g/mol. The van der Waals surface area contributed by atoms with E-state index in [4.69, 9.17) is 21.6 Å². The number of aliphatic hydroxyl groups excluding tert-OH is 1. The number of methoxy groups -OCH3 is 1. The third-order valence-corrected chi connectivity index (χ3v) is 8.26. The van der Waals surface area contributed by atoms with Crippen LogP contribution in [0.1, 0.15) is 38.8 Å². The Morgan fingerprint density at radius 2 is 2.08 bits per heavy atom. The summed E-state index contributed by atoms with van der Waals surface area (Å²) in [6.07, 6.45) is 2.91. The summed E-state index contributed by atoms with van der Waals surface area (Å²) in [4.78, 5) is 21.6. The van der Waals surface area contributed by atoms with Gasteiger partial charge >= 0.3 is 0 Å². The van der Waals surface area contributed by atoms with Gasteiger partial charge in [0.2, 0.25) is 5.13 Å². The number of nitrogens with one attached hydrogen (secondary N) is 1. The van der Waals surface area contributed by atoms with E-state index in [1.165, 1.54) is 42.6 Å². The van der Waals surface area contributed by atoms with Crippen LogP contribution < -0.4 is 10.1 Å². The van der Waals surface area contributed by atoms with E-state index < -0.39 is 12.0 Å². The van der Waals surface area contributed by atoms with Crippen molar-refractivity contribution in [3.63, 3.8) is 0 Å². The van der Waals surface area contributed by atoms with Crippen molar-refractivity contribution in [2.75, 3.05) is 12.4 Å². The predicted molar refractivity (Wildman–Crippen MR) is 141 cm³/mol. The fraction of sp³-hybridized carbons (Fsp3) is 0.200. The van der Waals surface area contributed by atoms with Gasteiger partial charge in [0.15, 0.2) is 4.34 Å². The molecule has 0 unspecified atom stereocenters. The minimum Gasteiger partial charge on any atom is -0.494 e. The van der Waals surface area contributed by atoms with Gasteiger partial charge in [-0.05, 0) is 48.7 Å². The molecule has 0 radical (unpaired) electrons. The van der Waals surface area contributed by atoms with E-state index in [1.807, 2.05) is 13.0 Å². The van der Waals surface area contributed by atoms with Gasteiger partial charge < -0.3 is 9.84 Å². The molecular formula is C25H19ClN6O3S2. The van der Waals surface area contributed by atoms with Crippen LogP contribution in [0.4, 0.5) is 5.13 Å². The first-order chi connectivity index (χ1) is 17.9. The third-order valence-electron chi connectivity index (χ3n) is 5.88. The van der Waals surface area contributed by atoms with Crippen molar-refractivity contribution in [1.82, 2.24) is 20.2 Å². The fourth-order valence-corrected chi connectivity index (χ4v) is 6.43. The van der Waals surface area contributed by atoms with Crippen molar-refractivity contribution in [3.8, 4) is 22.9 Å². The Morgan fingerprint density at radius 3 is 2.86 bits per heavy atom. The van der Waals surface area contributed by atoms with Gasteiger partial charge in [-0.2, -0.15) is 5.26 Å². The molecule has 1 aromatic carbocycles. The van der Waals surface area contributed by atoms with Crippen molar-refractivity contribution in [1.29, 1.82) is 5.26 Å². The summed E-state index contributed by atoms with van der Waals surface area (Å²) in [6, 6.07) is 10.9. The number of benzene rings is 1. The zero-order chi connectivity index (χ0) is 26.1. The number of amides is 1. The molecule has 0 saturated heterocycles. The largest absolute Gasteiger partial charge is 0.494 e. The molecule has 0 saturated carbocycles. The summed E-state index contributed by atoms with van der Waals surface area (Å²) in [5, 5.41) is 31.4. The van der Waals surface area contributed by atoms with Crippen molar-refractivity contribution in [2.24, 2.45) is 0 Å². The van der Waals surface area contributed by atoms with Crippen molar-refractivity contribution in [2.45, 2.75) is 29.0 Å². The summed E-state index contributed by atoms with van der Waals surface area (Å²) in [7, 11) is 1.52. The molecule has 186 valence electrons. The second kappa shape index (κ2) is 10.4. The standard InChI is InChI=1S/C25H19ClN6O3S2/c1-12-5-16(17-8-21(26)29-11-19(17)35-2)18(10-28-12)23(34)30-24-31-32-25(37-24)36-20-7-14-4-3-13(9-27)6-15(14)22(20)33/h3-6,8,10-11,20,22,33H,7H2,1-2H3,(H,30,31,34)/t20-,22+/m0/s1. The van der Waals surface area contributed by atoms with Crippen LogP contribution in [0.5, 0.6) is 5.75 Å². The predicted octanol–water partition coefficient (Wildman–Crippen LogP) is 4.84. The lowest BCUT2D eigenvalue weighted by atomic mass is 10.0. The first-order valence-corrected chi connectivity index (χ1v) is 13.1. The average Bonchev–Trinajstić information content (AvgIpc) is 3.47. The number of fused-ring (bicyclic) bond motifs is 1. The molecule has 1 aliphatic rings. The average molecular weight is 551 g/mol. The smallest absolute Gasteiger partial charge is 0.259 e. The maximum absolute atomic E-state index is 13.2. The molecule has 4 aromatic rings. The number of aliphatic hydroxyl groups is 1. The molecule has 3 aromatic heterocycles. The second-order valence-electron chi connectivity index (χ2n) is 8.24. The molecule has 2 N–H and O–H groups in total. The van der Waals surface area contributed by atoms with Crippen molar-refractivity contribution >= 4 is 45.7 Å². The molecule has 0 aliphatic heterocycles. The lowest BCUT2D eigenvalue weighted by Crippen LogP contribution is -2.14. The summed E-state index contributed by atoms with van der Waals surface area (Å²) >= 11 is 8.73. The highest BCUT2D eigenvalue weighted by Gasteiger charge is 2.33. The Morgan fingerprint density at radius 1 is 1.24 bits per heavy atom. The van der Waals surface area contributed by atoms with Crippen LogP contribution in [-0.4, -0.2) is 43.5 Å². The number of hydrogen-bond donors (Lipinski definition) is 2. The third kappa shape index (κ3) is 5.14. The number of rotatable bonds is 6. The zero-order valence-electron chi connectivity index (χ0n) is 19.6. The number of thioether (sulfide) groups is 1. The summed E-state index contributed by atoms with van der Waals surface area (Å²) < 4.78 is 6.04. The molecule has 12 heteroatoms. The van der Waals surface area contributed by atoms with Crippen LogP contribution >= 0.6 is 34.7 Å². The quantitative estimate of drug-likeness (QED) is 0.255. The van der Waals surface area contributed by atoms with E-state index >= 15 is 0 Å². The first kappa shape index (κ1) is 25.1. The van der Waals surface area contributed by atoms with Gasteiger partial charge in [0, 0.05) is 28.3 Å². The Balaban J connectivity index is 1.34. The molecule has 3 heterocycles. The number of pyridine rings is 2. The molecule has 0 bridgehead atoms. The number of anilines is 1. The number of nitriles is 1. The molecule has 0 fully saturated rings. The number of hydrogen-bond acceptors (Lipinski definition) is 10. The maximum atomic E-state index is 13.2. The molecule has 1 amide bonds. The van der Waals surface area contributed by atoms with Crippen molar-refractivity contribution < 1.29 is 14.6 Å². The van der Waals surface area contributed by atoms with E-state index in [2.05, 4.69) is 31.6 Å². The van der Waals surface area contributed by atoms with Crippen molar-refractivity contribution in [3.05, 3.63) is 75.8 Å². The highest BCUT2D eigenvalue weighted by molar-refractivity contribution is 8.01. The zero-order valence-corrected chi connectivity index (χ0v) is 22.0. The van der Waals surface area contributed by atoms with E-state index in [9.17, 15) is 9.90 Å². The van der Waals surface area contributed by atoms with Crippen LogP contribution in [-0.2, 0) is 6.42 Å². The number of ether oxygens (including phenoxy) is 1. The van der Waals surface area contributed by atoms with E-state index in [-0.39, 0.29) is 10.4 Å². The Kier molecular flexibility index (Phi) is 7.08. The van der Waals surface area contributed by atoms with Gasteiger partial charge in [0.25, 0.3) is 5.91 Å². The molecule has 5 rings (SSSR count). The highest BCUT2D eigenvalue weighted by atomic mass is 35.5. The summed E-state index contributed by atoms with van der Waals surface area (Å²) in [6.45, 7) is 1.82. The van der Waals surface area contributed by atoms with Gasteiger partial charge in [0.05, 0.1) is 36.6 Å². The number of halogens is 1. The number of nitrogens with zero attached hydrogens (tertiary/aromatic N) is 5. The summed E-state index contributed by atoms with van der Waals surface area (Å²) in [5.41, 5.74) is 4.52. The Bertz CT molecular complexity index is 1550. The van der Waals surface area contributed by atoms with E-state index in [1.54, 1.807) is 24.3 Å². The van der Waals surface area contributed by atoms with E-state index in [0.717, 1.165) is 11.1 Å². The van der Waals surface area contributed by atoms with E-state index in [0.29, 0.717) is 49.6 Å². The van der Waals surface area contributed by atoms with Gasteiger partial charge in [-0.1, -0.05) is 40.8 Å². The van der Waals surface area contributed by atoms with Gasteiger partial charge in [0.1, 0.15) is 10.9 Å². The lowest BCUT2D eigenvalue weighted by molar-refractivity contribution is 0.102. The minimum atomic E-state index is -0.724. The van der Waals surface area contributed by atoms with Gasteiger partial charge in [-0.3, -0.25) is 15.1 Å². The Labute approximate surface area is 225 Å². The minimum absolute atomic E-state index is 0.169. The monoisotopic (exact) mass is 550 g/mol. The van der Waals surface area contributed by atoms with Crippen LogP contribution in [0.3, 0.4) is 0 Å². The number of carbonyl (C=O) groups is 1. The number of carbonyl (C=O) groups excluding carboxylic acids is 1. The highest BCUT2D eigenvalue weighted by Crippen LogP contribution is 2.43. The molecule has 37 heavy (non-hydrogen) atoms. The summed E-state index contributed by atoms with van der Waals surface area (Å²) in [5.74, 6) is 0.0548. The molecule has 0 spiro atoms. The van der Waals surface area contributed by atoms with Crippen LogP contribution in [0, 0.1) is 18.3 Å². The Hall–Kier alpha value is -3.56. The molecule has 9 nitrogen and oxygen atoms in total. The van der Waals surface area contributed by atoms with Gasteiger partial charge in [-0.25, -0.2) is 4.98 Å². The SMILES string of the molecule is COc1cnc(Cl)cc1-c1cc(C)ncc1C(=O)Nc1nnc(S[C@H]2Cc3ccc(C#N)cc3[C@H]2O)s1. The second-order valence-corrected chi connectivity index (χ2v) is 11.1. The fourth-order valence-electron chi connectivity index (χ4n) is 4.12. The topological polar surface area (TPSA) is 134 Å².